The van der Waals surface area contributed by atoms with Gasteiger partial charge in [0.2, 0.25) is 0 Å². The van der Waals surface area contributed by atoms with Crippen molar-refractivity contribution >= 4 is 23.3 Å². The Hall–Kier alpha value is -4.03. The minimum atomic E-state index is -3.03. The summed E-state index contributed by atoms with van der Waals surface area (Å²) < 4.78 is 56.2. The maximum absolute atomic E-state index is 13.8. The second kappa shape index (κ2) is 7.73. The molecule has 3 aliphatic rings. The molecule has 2 fully saturated rings. The number of fused-ring (bicyclic) bond motifs is 3. The van der Waals surface area contributed by atoms with Gasteiger partial charge in [-0.1, -0.05) is 5.21 Å². The van der Waals surface area contributed by atoms with Crippen LogP contribution in [-0.4, -0.2) is 43.5 Å². The molecule has 0 spiro atoms. The molecule has 9 nitrogen and oxygen atoms in total. The van der Waals surface area contributed by atoms with E-state index in [1.807, 2.05) is 0 Å². The van der Waals surface area contributed by atoms with Crippen LogP contribution in [0, 0.1) is 24.5 Å². The summed E-state index contributed by atoms with van der Waals surface area (Å²) in [5.74, 6) is -7.66. The standard InChI is InChI=1S/C24H20F4N6O3/c1-10-17(21(36)30-12-2-3-14(25)15(26)5-12)19-13-4-11(13)7-34(19)18(10)20(35)22(37)31-23(8-24(27,28)9-23)16-6-29-33-32-16/h2-3,5-6,11,13H,4,7-9H2,1H3,(H,30,36)(H,31,37)(H,29,32,33)/t11-,13-/m0/s1. The molecule has 0 saturated heterocycles. The highest BCUT2D eigenvalue weighted by atomic mass is 19.3. The molecular weight excluding hydrogens is 496 g/mol. The summed E-state index contributed by atoms with van der Waals surface area (Å²) in [4.78, 5) is 39.7. The summed E-state index contributed by atoms with van der Waals surface area (Å²) >= 11 is 0. The SMILES string of the molecule is Cc1c(C(=O)Nc2ccc(F)c(F)c2)c2n(c1C(=O)C(=O)NC1(c3cnn[nH]3)CC(F)(F)C1)C[C@@H]1C[C@H]21. The quantitative estimate of drug-likeness (QED) is 0.264. The number of hydrogen-bond acceptors (Lipinski definition) is 5. The Balaban J connectivity index is 1.31. The topological polar surface area (TPSA) is 122 Å². The van der Waals surface area contributed by atoms with Crippen molar-refractivity contribution in [2.75, 3.05) is 5.32 Å². The fraction of sp³-hybridized carbons (Fsp3) is 0.375. The van der Waals surface area contributed by atoms with Gasteiger partial charge in [-0.25, -0.2) is 17.6 Å². The van der Waals surface area contributed by atoms with Crippen LogP contribution < -0.4 is 10.6 Å². The number of anilines is 1. The lowest BCUT2D eigenvalue weighted by atomic mass is 9.71. The minimum absolute atomic E-state index is 0.000828. The molecule has 2 amide bonds. The molecule has 13 heteroatoms. The first kappa shape index (κ1) is 23.4. The predicted molar refractivity (Wildman–Crippen MR) is 119 cm³/mol. The monoisotopic (exact) mass is 516 g/mol. The second-order valence-electron chi connectivity index (χ2n) is 9.97. The van der Waals surface area contributed by atoms with Crippen LogP contribution in [0.25, 0.3) is 0 Å². The van der Waals surface area contributed by atoms with Crippen LogP contribution in [-0.2, 0) is 16.9 Å². The van der Waals surface area contributed by atoms with Crippen molar-refractivity contribution in [1.82, 2.24) is 25.3 Å². The van der Waals surface area contributed by atoms with Gasteiger partial charge in [-0.3, -0.25) is 19.5 Å². The van der Waals surface area contributed by atoms with Gasteiger partial charge in [0.1, 0.15) is 0 Å². The third-order valence-electron chi connectivity index (χ3n) is 7.47. The average Bonchev–Trinajstić information content (AvgIpc) is 3.13. The molecule has 3 heterocycles. The Morgan fingerprint density at radius 1 is 1.16 bits per heavy atom. The molecule has 192 valence electrons. The number of alkyl halides is 2. The summed E-state index contributed by atoms with van der Waals surface area (Å²) in [5.41, 5.74) is -0.307. The minimum Gasteiger partial charge on any atom is -0.340 e. The molecule has 0 radical (unpaired) electrons. The van der Waals surface area contributed by atoms with E-state index in [2.05, 4.69) is 26.0 Å². The highest BCUT2D eigenvalue weighted by Gasteiger charge is 2.60. The molecule has 2 aromatic heterocycles. The Labute approximate surface area is 206 Å². The maximum atomic E-state index is 13.8. The van der Waals surface area contributed by atoms with Crippen molar-refractivity contribution in [2.45, 2.75) is 50.1 Å². The molecule has 1 aliphatic heterocycles. The lowest BCUT2D eigenvalue weighted by molar-refractivity contribution is -0.148. The number of benzene rings is 1. The molecule has 2 aliphatic carbocycles. The van der Waals surface area contributed by atoms with Gasteiger partial charge in [0.25, 0.3) is 23.5 Å². The van der Waals surface area contributed by atoms with Crippen LogP contribution in [0.1, 0.15) is 63.0 Å². The Morgan fingerprint density at radius 3 is 2.57 bits per heavy atom. The number of nitrogens with zero attached hydrogens (tertiary/aromatic N) is 3. The van der Waals surface area contributed by atoms with E-state index in [9.17, 15) is 31.9 Å². The fourth-order valence-corrected chi connectivity index (χ4v) is 5.70. The molecule has 0 bridgehead atoms. The van der Waals surface area contributed by atoms with Crippen LogP contribution in [0.5, 0.6) is 0 Å². The normalized spacial score (nSPS) is 22.0. The van der Waals surface area contributed by atoms with Gasteiger partial charge < -0.3 is 15.2 Å². The summed E-state index contributed by atoms with van der Waals surface area (Å²) in [5, 5.41) is 14.6. The molecule has 0 unspecified atom stereocenters. The number of H-pyrrole nitrogens is 1. The number of aromatic nitrogens is 4. The van der Waals surface area contributed by atoms with Crippen molar-refractivity contribution < 1.29 is 31.9 Å². The number of carbonyl (C=O) groups excluding carboxylic acids is 3. The number of carbonyl (C=O) groups is 3. The number of rotatable bonds is 6. The Bertz CT molecular complexity index is 1470. The largest absolute Gasteiger partial charge is 0.340 e. The number of hydrogen-bond donors (Lipinski definition) is 3. The number of aromatic amines is 1. The van der Waals surface area contributed by atoms with Crippen LogP contribution in [0.3, 0.4) is 0 Å². The smallest absolute Gasteiger partial charge is 0.294 e. The molecule has 3 aromatic rings. The molecule has 2 saturated carbocycles. The van der Waals surface area contributed by atoms with E-state index in [4.69, 9.17) is 0 Å². The van der Waals surface area contributed by atoms with E-state index in [0.717, 1.165) is 18.6 Å². The third kappa shape index (κ3) is 3.63. The van der Waals surface area contributed by atoms with E-state index in [1.165, 1.54) is 19.2 Å². The van der Waals surface area contributed by atoms with Crippen LogP contribution >= 0.6 is 0 Å². The van der Waals surface area contributed by atoms with E-state index >= 15 is 0 Å². The fourth-order valence-electron chi connectivity index (χ4n) is 5.70. The number of Topliss-reactive ketones (excluding diaryl/α,β-unsaturated/α-hetero) is 1. The maximum Gasteiger partial charge on any atom is 0.294 e. The van der Waals surface area contributed by atoms with Gasteiger partial charge in [0.05, 0.1) is 28.7 Å². The van der Waals surface area contributed by atoms with E-state index in [0.29, 0.717) is 12.2 Å². The van der Waals surface area contributed by atoms with Gasteiger partial charge in [-0.2, -0.15) is 0 Å². The molecular formula is C24H20F4N6O3. The molecule has 2 atom stereocenters. The van der Waals surface area contributed by atoms with Crippen LogP contribution in [0.2, 0.25) is 0 Å². The number of halogens is 4. The second-order valence-corrected chi connectivity index (χ2v) is 9.97. The Morgan fingerprint density at radius 2 is 1.92 bits per heavy atom. The highest BCUT2D eigenvalue weighted by Crippen LogP contribution is 2.56. The zero-order chi connectivity index (χ0) is 26.3. The first-order valence-electron chi connectivity index (χ1n) is 11.6. The average molecular weight is 516 g/mol. The van der Waals surface area contributed by atoms with Crippen molar-refractivity contribution in [3.63, 3.8) is 0 Å². The number of ketones is 1. The van der Waals surface area contributed by atoms with Crippen molar-refractivity contribution in [1.29, 1.82) is 0 Å². The van der Waals surface area contributed by atoms with Gasteiger partial charge in [0, 0.05) is 42.8 Å². The summed E-state index contributed by atoms with van der Waals surface area (Å²) in [7, 11) is 0. The summed E-state index contributed by atoms with van der Waals surface area (Å²) in [6.07, 6.45) is 0.592. The van der Waals surface area contributed by atoms with E-state index < -0.39 is 53.5 Å². The van der Waals surface area contributed by atoms with Gasteiger partial charge in [-0.05, 0) is 37.0 Å². The zero-order valence-corrected chi connectivity index (χ0v) is 19.4. The number of nitrogens with one attached hydrogen (secondary N) is 3. The number of amides is 2. The first-order valence-corrected chi connectivity index (χ1v) is 11.6. The molecule has 6 rings (SSSR count). The van der Waals surface area contributed by atoms with Crippen LogP contribution in [0.4, 0.5) is 23.2 Å². The van der Waals surface area contributed by atoms with Crippen LogP contribution in [0.15, 0.2) is 24.4 Å². The van der Waals surface area contributed by atoms with Gasteiger partial charge >= 0.3 is 0 Å². The lowest BCUT2D eigenvalue weighted by Gasteiger charge is -2.46. The third-order valence-corrected chi connectivity index (χ3v) is 7.47. The summed E-state index contributed by atoms with van der Waals surface area (Å²) in [6, 6.07) is 2.93. The van der Waals surface area contributed by atoms with Crippen molar-refractivity contribution in [2.24, 2.45) is 5.92 Å². The van der Waals surface area contributed by atoms with Crippen molar-refractivity contribution in [3.8, 4) is 0 Å². The zero-order valence-electron chi connectivity index (χ0n) is 19.4. The Kier molecular flexibility index (Phi) is 4.89. The van der Waals surface area contributed by atoms with E-state index in [-0.39, 0.29) is 40.0 Å². The van der Waals surface area contributed by atoms with Crippen molar-refractivity contribution in [3.05, 3.63) is 64.2 Å². The predicted octanol–water partition coefficient (Wildman–Crippen LogP) is 3.19. The summed E-state index contributed by atoms with van der Waals surface area (Å²) in [6.45, 7) is 1.96. The molecule has 1 aromatic carbocycles. The van der Waals surface area contributed by atoms with Gasteiger partial charge in [0.15, 0.2) is 11.6 Å². The van der Waals surface area contributed by atoms with E-state index in [1.54, 1.807) is 4.57 Å². The first-order chi connectivity index (χ1) is 17.5. The molecule has 37 heavy (non-hydrogen) atoms. The van der Waals surface area contributed by atoms with Gasteiger partial charge in [-0.15, -0.1) is 5.10 Å². The molecule has 3 N–H and O–H groups in total. The highest BCUT2D eigenvalue weighted by molar-refractivity contribution is 6.43. The lowest BCUT2D eigenvalue weighted by Crippen LogP contribution is -2.61.